The first kappa shape index (κ1) is 8.05. The second kappa shape index (κ2) is 2.73. The quantitative estimate of drug-likeness (QED) is 0.664. The lowest BCUT2D eigenvalue weighted by Crippen LogP contribution is -1.86. The third-order valence-electron chi connectivity index (χ3n) is 2.29. The van der Waals surface area contributed by atoms with Gasteiger partial charge in [0.1, 0.15) is 5.75 Å². The van der Waals surface area contributed by atoms with E-state index in [1.54, 1.807) is 6.20 Å². The molecule has 0 unspecified atom stereocenters. The number of hydrogen-bond acceptors (Lipinski definition) is 2. The highest BCUT2D eigenvalue weighted by Gasteiger charge is 2.05. The van der Waals surface area contributed by atoms with Crippen molar-refractivity contribution in [3.05, 3.63) is 35.5 Å². The second-order valence-electron chi connectivity index (χ2n) is 3.24. The number of phenolic OH excluding ortho intramolecular Hbond substituents is 1. The Morgan fingerprint density at radius 3 is 2.85 bits per heavy atom. The van der Waals surface area contributed by atoms with Crippen LogP contribution in [0.4, 0.5) is 0 Å². The lowest BCUT2D eigenvalue weighted by Gasteiger charge is -2.06. The number of phenols is 1. The molecule has 2 aromatic rings. The van der Waals surface area contributed by atoms with E-state index >= 15 is 0 Å². The summed E-state index contributed by atoms with van der Waals surface area (Å²) in [4.78, 5) is 4.22. The molecule has 13 heavy (non-hydrogen) atoms. The molecular formula is C11H11NO. The van der Waals surface area contributed by atoms with Crippen molar-refractivity contribution in [2.75, 3.05) is 0 Å². The highest BCUT2D eigenvalue weighted by Crippen LogP contribution is 2.28. The van der Waals surface area contributed by atoms with Crippen LogP contribution < -0.4 is 0 Å². The van der Waals surface area contributed by atoms with Gasteiger partial charge in [-0.05, 0) is 31.5 Å². The molecule has 1 N–H and O–H groups in total. The molecule has 0 aliphatic rings. The number of pyridine rings is 1. The van der Waals surface area contributed by atoms with Crippen LogP contribution in [0.2, 0.25) is 0 Å². The Morgan fingerprint density at radius 1 is 1.31 bits per heavy atom. The van der Waals surface area contributed by atoms with E-state index in [9.17, 15) is 5.11 Å². The minimum absolute atomic E-state index is 0.353. The standard InChI is InChI=1S/C11H11NO/c1-7-6-9-4-3-5-12-10(9)8(2)11(7)13/h3-6,13H,1-2H3. The van der Waals surface area contributed by atoms with Crippen molar-refractivity contribution in [2.24, 2.45) is 0 Å². The average Bonchev–Trinajstić information content (AvgIpc) is 2.15. The third-order valence-corrected chi connectivity index (χ3v) is 2.29. The van der Waals surface area contributed by atoms with Gasteiger partial charge in [-0.3, -0.25) is 4.98 Å². The molecule has 2 rings (SSSR count). The zero-order valence-electron chi connectivity index (χ0n) is 7.70. The van der Waals surface area contributed by atoms with E-state index in [0.717, 1.165) is 22.0 Å². The van der Waals surface area contributed by atoms with Gasteiger partial charge in [-0.15, -0.1) is 0 Å². The zero-order chi connectivity index (χ0) is 9.42. The van der Waals surface area contributed by atoms with Crippen molar-refractivity contribution in [1.82, 2.24) is 4.98 Å². The fourth-order valence-corrected chi connectivity index (χ4v) is 1.56. The summed E-state index contributed by atoms with van der Waals surface area (Å²) in [7, 11) is 0. The van der Waals surface area contributed by atoms with Crippen LogP contribution in [-0.4, -0.2) is 10.1 Å². The van der Waals surface area contributed by atoms with Gasteiger partial charge in [0, 0.05) is 17.1 Å². The van der Waals surface area contributed by atoms with Crippen LogP contribution in [-0.2, 0) is 0 Å². The number of hydrogen-bond donors (Lipinski definition) is 1. The van der Waals surface area contributed by atoms with Crippen LogP contribution in [0, 0.1) is 13.8 Å². The second-order valence-corrected chi connectivity index (χ2v) is 3.24. The number of nitrogens with zero attached hydrogens (tertiary/aromatic N) is 1. The average molecular weight is 173 g/mol. The summed E-state index contributed by atoms with van der Waals surface area (Å²) in [5.74, 6) is 0.353. The van der Waals surface area contributed by atoms with Gasteiger partial charge in [-0.2, -0.15) is 0 Å². The number of aromatic hydroxyl groups is 1. The minimum atomic E-state index is 0.353. The first-order chi connectivity index (χ1) is 6.20. The third kappa shape index (κ3) is 1.15. The first-order valence-electron chi connectivity index (χ1n) is 4.24. The van der Waals surface area contributed by atoms with Crippen molar-refractivity contribution in [3.8, 4) is 5.75 Å². The van der Waals surface area contributed by atoms with E-state index in [0.29, 0.717) is 5.75 Å². The Balaban J connectivity index is 2.94. The molecule has 2 heteroatoms. The summed E-state index contributed by atoms with van der Waals surface area (Å²) >= 11 is 0. The maximum absolute atomic E-state index is 9.66. The van der Waals surface area contributed by atoms with Gasteiger partial charge in [0.25, 0.3) is 0 Å². The van der Waals surface area contributed by atoms with E-state index in [-0.39, 0.29) is 0 Å². The molecule has 0 saturated heterocycles. The first-order valence-corrected chi connectivity index (χ1v) is 4.24. The summed E-state index contributed by atoms with van der Waals surface area (Å²) in [6.45, 7) is 3.78. The van der Waals surface area contributed by atoms with Crippen molar-refractivity contribution in [3.63, 3.8) is 0 Å². The van der Waals surface area contributed by atoms with Gasteiger partial charge in [0.2, 0.25) is 0 Å². The molecule has 66 valence electrons. The highest BCUT2D eigenvalue weighted by molar-refractivity contribution is 5.84. The molecule has 1 aromatic heterocycles. The van der Waals surface area contributed by atoms with E-state index in [4.69, 9.17) is 0 Å². The number of aryl methyl sites for hydroxylation is 2. The molecule has 2 nitrogen and oxygen atoms in total. The molecule has 0 bridgehead atoms. The Labute approximate surface area is 76.9 Å². The Kier molecular flexibility index (Phi) is 1.69. The summed E-state index contributed by atoms with van der Waals surface area (Å²) in [5, 5.41) is 10.7. The lowest BCUT2D eigenvalue weighted by molar-refractivity contribution is 0.468. The smallest absolute Gasteiger partial charge is 0.123 e. The summed E-state index contributed by atoms with van der Waals surface area (Å²) in [6.07, 6.45) is 1.74. The molecule has 0 aliphatic carbocycles. The monoisotopic (exact) mass is 173 g/mol. The van der Waals surface area contributed by atoms with Gasteiger partial charge < -0.3 is 5.11 Å². The van der Waals surface area contributed by atoms with E-state index in [2.05, 4.69) is 4.98 Å². The van der Waals surface area contributed by atoms with Crippen molar-refractivity contribution in [2.45, 2.75) is 13.8 Å². The molecule has 1 heterocycles. The summed E-state index contributed by atoms with van der Waals surface area (Å²) in [6, 6.07) is 5.85. The van der Waals surface area contributed by atoms with E-state index in [1.807, 2.05) is 32.0 Å². The number of fused-ring (bicyclic) bond motifs is 1. The van der Waals surface area contributed by atoms with Crippen molar-refractivity contribution < 1.29 is 5.11 Å². The van der Waals surface area contributed by atoms with Crippen LogP contribution in [0.15, 0.2) is 24.4 Å². The minimum Gasteiger partial charge on any atom is -0.507 e. The molecule has 0 atom stereocenters. The molecule has 0 radical (unpaired) electrons. The van der Waals surface area contributed by atoms with Gasteiger partial charge >= 0.3 is 0 Å². The van der Waals surface area contributed by atoms with Crippen LogP contribution in [0.25, 0.3) is 10.9 Å². The fourth-order valence-electron chi connectivity index (χ4n) is 1.56. The van der Waals surface area contributed by atoms with Crippen LogP contribution >= 0.6 is 0 Å². The molecular weight excluding hydrogens is 162 g/mol. The lowest BCUT2D eigenvalue weighted by atomic mass is 10.1. The number of benzene rings is 1. The topological polar surface area (TPSA) is 33.1 Å². The van der Waals surface area contributed by atoms with Crippen molar-refractivity contribution in [1.29, 1.82) is 0 Å². The normalized spacial score (nSPS) is 10.6. The molecule has 0 fully saturated rings. The van der Waals surface area contributed by atoms with Gasteiger partial charge in [0.15, 0.2) is 0 Å². The predicted molar refractivity (Wildman–Crippen MR) is 52.9 cm³/mol. The molecule has 0 saturated carbocycles. The zero-order valence-corrected chi connectivity index (χ0v) is 7.70. The van der Waals surface area contributed by atoms with E-state index < -0.39 is 0 Å². The molecule has 0 amide bonds. The highest BCUT2D eigenvalue weighted by atomic mass is 16.3. The Hall–Kier alpha value is -1.57. The number of rotatable bonds is 0. The fraction of sp³-hybridized carbons (Fsp3) is 0.182. The summed E-state index contributed by atoms with van der Waals surface area (Å²) in [5.41, 5.74) is 2.64. The van der Waals surface area contributed by atoms with Crippen molar-refractivity contribution >= 4 is 10.9 Å². The van der Waals surface area contributed by atoms with Crippen LogP contribution in [0.1, 0.15) is 11.1 Å². The summed E-state index contributed by atoms with van der Waals surface area (Å²) < 4.78 is 0. The maximum atomic E-state index is 9.66. The van der Waals surface area contributed by atoms with Crippen LogP contribution in [0.3, 0.4) is 0 Å². The predicted octanol–water partition coefficient (Wildman–Crippen LogP) is 2.56. The van der Waals surface area contributed by atoms with E-state index in [1.165, 1.54) is 0 Å². The SMILES string of the molecule is Cc1cc2cccnc2c(C)c1O. The Bertz CT molecular complexity index is 463. The van der Waals surface area contributed by atoms with Gasteiger partial charge in [-0.25, -0.2) is 0 Å². The van der Waals surface area contributed by atoms with Gasteiger partial charge in [0.05, 0.1) is 5.52 Å². The number of aromatic nitrogens is 1. The maximum Gasteiger partial charge on any atom is 0.123 e. The largest absolute Gasteiger partial charge is 0.507 e. The van der Waals surface area contributed by atoms with Crippen LogP contribution in [0.5, 0.6) is 5.75 Å². The Morgan fingerprint density at radius 2 is 2.08 bits per heavy atom. The molecule has 0 aliphatic heterocycles. The molecule has 0 spiro atoms. The molecule has 1 aromatic carbocycles. The van der Waals surface area contributed by atoms with Gasteiger partial charge in [-0.1, -0.05) is 6.07 Å².